The highest BCUT2D eigenvalue weighted by atomic mass is 15.0. The minimum atomic E-state index is 0.888. The van der Waals surface area contributed by atoms with Gasteiger partial charge < -0.3 is 9.13 Å². The predicted octanol–water partition coefficient (Wildman–Crippen LogP) is 10.9. The van der Waals surface area contributed by atoms with Gasteiger partial charge in [0, 0.05) is 37.3 Å². The monoisotopic (exact) mass is 582 g/mol. The van der Waals surface area contributed by atoms with E-state index in [0.717, 1.165) is 6.42 Å². The summed E-state index contributed by atoms with van der Waals surface area (Å²) in [6.45, 7) is 4.51. The molecule has 0 aliphatic carbocycles. The van der Waals surface area contributed by atoms with E-state index >= 15 is 0 Å². The van der Waals surface area contributed by atoms with Crippen molar-refractivity contribution in [3.05, 3.63) is 168 Å². The zero-order valence-electron chi connectivity index (χ0n) is 26.5. The highest BCUT2D eigenvalue weighted by Crippen LogP contribution is 2.48. The average molecular weight is 583 g/mol. The van der Waals surface area contributed by atoms with Crippen LogP contribution in [0.1, 0.15) is 22.4 Å². The third-order valence-corrected chi connectivity index (χ3v) is 9.30. The van der Waals surface area contributed by atoms with E-state index in [1.807, 2.05) is 0 Å². The Hall–Kier alpha value is -5.34. The molecule has 0 aliphatic heterocycles. The molecule has 0 fully saturated rings. The van der Waals surface area contributed by atoms with Gasteiger partial charge in [-0.3, -0.25) is 0 Å². The van der Waals surface area contributed by atoms with Gasteiger partial charge in [0.1, 0.15) is 0 Å². The maximum Gasteiger partial charge on any atom is 0.0568 e. The Kier molecular flexibility index (Phi) is 7.57. The molecule has 0 radical (unpaired) electrons. The summed E-state index contributed by atoms with van der Waals surface area (Å²) in [5.74, 6) is 0. The van der Waals surface area contributed by atoms with E-state index in [1.54, 1.807) is 0 Å². The SMILES string of the molecule is Cc1c(C)c(-c2ccccc2)n(C)c1Cc1ccc(-c2c(-c3ccccc3)c(-c3ccccc3)c(-c3ccccc3)n2C)cc1. The van der Waals surface area contributed by atoms with Crippen molar-refractivity contribution >= 4 is 0 Å². The summed E-state index contributed by atoms with van der Waals surface area (Å²) in [5, 5.41) is 0. The summed E-state index contributed by atoms with van der Waals surface area (Å²) in [6.07, 6.45) is 0.888. The van der Waals surface area contributed by atoms with Gasteiger partial charge in [0.2, 0.25) is 0 Å². The number of rotatable bonds is 7. The van der Waals surface area contributed by atoms with Crippen molar-refractivity contribution in [2.24, 2.45) is 14.1 Å². The van der Waals surface area contributed by atoms with Crippen LogP contribution in [-0.2, 0) is 20.5 Å². The molecule has 0 amide bonds. The summed E-state index contributed by atoms with van der Waals surface area (Å²) in [5.41, 5.74) is 17.8. The predicted molar refractivity (Wildman–Crippen MR) is 190 cm³/mol. The highest BCUT2D eigenvalue weighted by Gasteiger charge is 2.25. The van der Waals surface area contributed by atoms with Gasteiger partial charge in [-0.15, -0.1) is 0 Å². The Labute approximate surface area is 266 Å². The molecule has 0 aliphatic rings. The summed E-state index contributed by atoms with van der Waals surface area (Å²) >= 11 is 0. The first-order valence-corrected chi connectivity index (χ1v) is 15.7. The van der Waals surface area contributed by atoms with E-state index in [-0.39, 0.29) is 0 Å². The topological polar surface area (TPSA) is 9.86 Å². The Morgan fingerprint density at radius 1 is 0.378 bits per heavy atom. The Bertz CT molecular complexity index is 2060. The molecule has 7 rings (SSSR count). The molecule has 2 heteroatoms. The van der Waals surface area contributed by atoms with Gasteiger partial charge in [0.15, 0.2) is 0 Å². The zero-order valence-corrected chi connectivity index (χ0v) is 26.5. The molecular weight excluding hydrogens is 544 g/mol. The van der Waals surface area contributed by atoms with Gasteiger partial charge in [0.25, 0.3) is 0 Å². The smallest absolute Gasteiger partial charge is 0.0568 e. The van der Waals surface area contributed by atoms with Crippen molar-refractivity contribution in [1.82, 2.24) is 9.13 Å². The first kappa shape index (κ1) is 28.4. The Morgan fingerprint density at radius 3 is 1.20 bits per heavy atom. The molecule has 2 aromatic heterocycles. The lowest BCUT2D eigenvalue weighted by Crippen LogP contribution is -2.01. The van der Waals surface area contributed by atoms with Gasteiger partial charge in [-0.25, -0.2) is 0 Å². The molecule has 0 saturated carbocycles. The maximum atomic E-state index is 2.39. The van der Waals surface area contributed by atoms with Gasteiger partial charge in [-0.1, -0.05) is 146 Å². The molecule has 2 nitrogen and oxygen atoms in total. The average Bonchev–Trinajstić information content (AvgIpc) is 3.51. The Morgan fingerprint density at radius 2 is 0.756 bits per heavy atom. The van der Waals surface area contributed by atoms with Crippen LogP contribution in [0.5, 0.6) is 0 Å². The second-order valence-corrected chi connectivity index (χ2v) is 11.9. The van der Waals surface area contributed by atoms with Crippen LogP contribution in [0, 0.1) is 13.8 Å². The first-order chi connectivity index (χ1) is 22.0. The molecule has 0 unspecified atom stereocenters. The molecule has 0 bridgehead atoms. The third-order valence-electron chi connectivity index (χ3n) is 9.30. The van der Waals surface area contributed by atoms with E-state index in [2.05, 4.69) is 183 Å². The molecule has 5 aromatic carbocycles. The first-order valence-electron chi connectivity index (χ1n) is 15.7. The van der Waals surface area contributed by atoms with Crippen LogP contribution in [0.15, 0.2) is 146 Å². The Balaban J connectivity index is 1.36. The van der Waals surface area contributed by atoms with Crippen molar-refractivity contribution < 1.29 is 0 Å². The van der Waals surface area contributed by atoms with Crippen LogP contribution in [-0.4, -0.2) is 9.13 Å². The normalized spacial score (nSPS) is 11.2. The third kappa shape index (κ3) is 5.13. The highest BCUT2D eigenvalue weighted by molar-refractivity contribution is 6.01. The van der Waals surface area contributed by atoms with Gasteiger partial charge >= 0.3 is 0 Å². The van der Waals surface area contributed by atoms with Gasteiger partial charge in [-0.05, 0) is 58.4 Å². The summed E-state index contributed by atoms with van der Waals surface area (Å²) in [7, 11) is 4.42. The van der Waals surface area contributed by atoms with E-state index in [1.165, 1.54) is 78.4 Å². The van der Waals surface area contributed by atoms with Crippen molar-refractivity contribution in [1.29, 1.82) is 0 Å². The standard InChI is InChI=1S/C43H38N2/c1-30-31(2)41(35-21-13-7-14-22-35)44(3)38(30)29-32-25-27-37(28-26-32)43-40(34-19-11-6-12-20-34)39(33-17-9-5-10-18-33)42(45(43)4)36-23-15-8-16-24-36/h5-28H,29H2,1-4H3. The number of benzene rings is 5. The van der Waals surface area contributed by atoms with E-state index in [9.17, 15) is 0 Å². The molecule has 0 N–H and O–H groups in total. The van der Waals surface area contributed by atoms with Crippen LogP contribution in [0.2, 0.25) is 0 Å². The summed E-state index contributed by atoms with van der Waals surface area (Å²) in [4.78, 5) is 0. The molecule has 2 heterocycles. The van der Waals surface area contributed by atoms with E-state index in [0.29, 0.717) is 0 Å². The van der Waals surface area contributed by atoms with Crippen molar-refractivity contribution in [2.45, 2.75) is 20.3 Å². The zero-order chi connectivity index (χ0) is 30.9. The fourth-order valence-corrected chi connectivity index (χ4v) is 6.99. The van der Waals surface area contributed by atoms with Crippen LogP contribution in [0.25, 0.3) is 56.0 Å². The molecule has 45 heavy (non-hydrogen) atoms. The lowest BCUT2D eigenvalue weighted by Gasteiger charge is -2.12. The number of hydrogen-bond acceptors (Lipinski definition) is 0. The fraction of sp³-hybridized carbons (Fsp3) is 0.116. The molecular formula is C43H38N2. The van der Waals surface area contributed by atoms with Crippen LogP contribution in [0.4, 0.5) is 0 Å². The summed E-state index contributed by atoms with van der Waals surface area (Å²) < 4.78 is 4.78. The molecule has 7 aromatic rings. The lowest BCUT2D eigenvalue weighted by molar-refractivity contribution is 0.851. The maximum absolute atomic E-state index is 2.39. The largest absolute Gasteiger partial charge is 0.347 e. The number of hydrogen-bond donors (Lipinski definition) is 0. The second kappa shape index (κ2) is 12.0. The fourth-order valence-electron chi connectivity index (χ4n) is 6.99. The van der Waals surface area contributed by atoms with Crippen molar-refractivity contribution in [3.8, 4) is 56.0 Å². The lowest BCUT2D eigenvalue weighted by atomic mass is 9.91. The number of nitrogens with zero attached hydrogens (tertiary/aromatic N) is 2. The van der Waals surface area contributed by atoms with Gasteiger partial charge in [-0.2, -0.15) is 0 Å². The second-order valence-electron chi connectivity index (χ2n) is 11.9. The van der Waals surface area contributed by atoms with E-state index < -0.39 is 0 Å². The van der Waals surface area contributed by atoms with Crippen LogP contribution >= 0.6 is 0 Å². The van der Waals surface area contributed by atoms with Crippen LogP contribution < -0.4 is 0 Å². The molecule has 0 spiro atoms. The van der Waals surface area contributed by atoms with Crippen LogP contribution in [0.3, 0.4) is 0 Å². The minimum absolute atomic E-state index is 0.888. The molecule has 220 valence electrons. The van der Waals surface area contributed by atoms with Crippen molar-refractivity contribution in [2.75, 3.05) is 0 Å². The van der Waals surface area contributed by atoms with E-state index in [4.69, 9.17) is 0 Å². The molecule has 0 atom stereocenters. The number of aromatic nitrogens is 2. The summed E-state index contributed by atoms with van der Waals surface area (Å²) in [6, 6.07) is 52.4. The minimum Gasteiger partial charge on any atom is -0.347 e. The van der Waals surface area contributed by atoms with Gasteiger partial charge in [0.05, 0.1) is 17.1 Å². The van der Waals surface area contributed by atoms with Crippen molar-refractivity contribution in [3.63, 3.8) is 0 Å². The molecule has 0 saturated heterocycles. The quantitative estimate of drug-likeness (QED) is 0.177.